The van der Waals surface area contributed by atoms with E-state index >= 15 is 0 Å². The quantitative estimate of drug-likeness (QED) is 0.726. The molecule has 0 aromatic carbocycles. The fraction of sp³-hybridized carbons (Fsp3) is 0.867. The number of amides is 2. The summed E-state index contributed by atoms with van der Waals surface area (Å²) in [6, 6.07) is 0.00621. The minimum absolute atomic E-state index is 0.0649. The molecular formula is C15H28N2O3. The van der Waals surface area contributed by atoms with Crippen molar-refractivity contribution >= 4 is 12.0 Å². The van der Waals surface area contributed by atoms with Crippen molar-refractivity contribution in [1.82, 2.24) is 10.6 Å². The first-order valence-corrected chi connectivity index (χ1v) is 7.55. The van der Waals surface area contributed by atoms with E-state index in [2.05, 4.69) is 10.6 Å². The molecule has 5 heteroatoms. The molecule has 2 amide bonds. The van der Waals surface area contributed by atoms with Gasteiger partial charge in [0, 0.05) is 12.6 Å². The Kier molecular flexibility index (Phi) is 6.30. The van der Waals surface area contributed by atoms with Crippen LogP contribution in [0, 0.1) is 11.3 Å². The molecule has 1 aliphatic rings. The van der Waals surface area contributed by atoms with Crippen LogP contribution in [0.1, 0.15) is 59.3 Å². The molecule has 20 heavy (non-hydrogen) atoms. The molecule has 1 rings (SSSR count). The molecule has 0 radical (unpaired) electrons. The molecule has 1 saturated carbocycles. The Hall–Kier alpha value is -1.26. The molecular weight excluding hydrogens is 256 g/mol. The van der Waals surface area contributed by atoms with Crippen LogP contribution >= 0.6 is 0 Å². The van der Waals surface area contributed by atoms with E-state index in [1.807, 2.05) is 20.8 Å². The van der Waals surface area contributed by atoms with Gasteiger partial charge in [-0.2, -0.15) is 0 Å². The molecule has 116 valence electrons. The van der Waals surface area contributed by atoms with Crippen molar-refractivity contribution in [3.8, 4) is 0 Å². The predicted molar refractivity (Wildman–Crippen MR) is 78.6 cm³/mol. The van der Waals surface area contributed by atoms with Gasteiger partial charge >= 0.3 is 12.0 Å². The van der Waals surface area contributed by atoms with E-state index in [4.69, 9.17) is 0 Å². The van der Waals surface area contributed by atoms with Crippen molar-refractivity contribution in [1.29, 1.82) is 0 Å². The Balaban J connectivity index is 2.34. The summed E-state index contributed by atoms with van der Waals surface area (Å²) in [5.41, 5.74) is -0.0649. The van der Waals surface area contributed by atoms with Crippen molar-refractivity contribution in [2.24, 2.45) is 11.3 Å². The minimum atomic E-state index is -0.849. The number of carbonyl (C=O) groups excluding carboxylic acids is 1. The molecule has 0 aromatic heterocycles. The highest BCUT2D eigenvalue weighted by Gasteiger charge is 2.25. The molecule has 0 aromatic rings. The smallest absolute Gasteiger partial charge is 0.315 e. The topological polar surface area (TPSA) is 78.4 Å². The molecule has 0 bridgehead atoms. The molecule has 1 aliphatic carbocycles. The van der Waals surface area contributed by atoms with E-state index in [0.717, 1.165) is 25.7 Å². The van der Waals surface area contributed by atoms with E-state index in [9.17, 15) is 14.7 Å². The van der Waals surface area contributed by atoms with Gasteiger partial charge in [-0.05, 0) is 24.7 Å². The number of nitrogens with one attached hydrogen (secondary N) is 2. The van der Waals surface area contributed by atoms with Crippen LogP contribution in [0.25, 0.3) is 0 Å². The van der Waals surface area contributed by atoms with Crippen LogP contribution in [-0.4, -0.2) is 29.7 Å². The third kappa shape index (κ3) is 6.78. The van der Waals surface area contributed by atoms with Crippen LogP contribution in [0.5, 0.6) is 0 Å². The van der Waals surface area contributed by atoms with Crippen LogP contribution in [-0.2, 0) is 4.79 Å². The molecule has 3 N–H and O–H groups in total. The van der Waals surface area contributed by atoms with Gasteiger partial charge in [0.05, 0.1) is 5.92 Å². The maximum absolute atomic E-state index is 11.8. The molecule has 0 saturated heterocycles. The van der Waals surface area contributed by atoms with E-state index in [1.165, 1.54) is 6.42 Å². The maximum atomic E-state index is 11.8. The van der Waals surface area contributed by atoms with Gasteiger partial charge in [0.15, 0.2) is 0 Å². The lowest BCUT2D eigenvalue weighted by Crippen LogP contribution is -2.45. The number of hydrogen-bond donors (Lipinski definition) is 3. The van der Waals surface area contributed by atoms with Crippen molar-refractivity contribution in [2.45, 2.75) is 65.3 Å². The second kappa shape index (κ2) is 7.50. The summed E-state index contributed by atoms with van der Waals surface area (Å²) >= 11 is 0. The standard InChI is InChI=1S/C15H28N2O3/c1-15(2,3)9-11(13(18)19)10-16-14(20)17-12-7-5-4-6-8-12/h11-12H,4-10H2,1-3H3,(H,18,19)(H2,16,17,20). The predicted octanol–water partition coefficient (Wildman–Crippen LogP) is 2.76. The minimum Gasteiger partial charge on any atom is -0.481 e. The lowest BCUT2D eigenvalue weighted by molar-refractivity contribution is -0.142. The summed E-state index contributed by atoms with van der Waals surface area (Å²) in [6.07, 6.45) is 6.16. The molecule has 0 heterocycles. The third-order valence-electron chi connectivity index (χ3n) is 3.66. The van der Waals surface area contributed by atoms with Crippen LogP contribution in [0.4, 0.5) is 4.79 Å². The zero-order valence-corrected chi connectivity index (χ0v) is 12.9. The van der Waals surface area contributed by atoms with Crippen molar-refractivity contribution in [2.75, 3.05) is 6.54 Å². The monoisotopic (exact) mass is 284 g/mol. The molecule has 1 fully saturated rings. The number of hydrogen-bond acceptors (Lipinski definition) is 2. The molecule has 1 unspecified atom stereocenters. The highest BCUT2D eigenvalue weighted by atomic mass is 16.4. The Bertz CT molecular complexity index is 331. The SMILES string of the molecule is CC(C)(C)CC(CNC(=O)NC1CCCCC1)C(=O)O. The summed E-state index contributed by atoms with van der Waals surface area (Å²) in [6.45, 7) is 6.20. The van der Waals surface area contributed by atoms with Crippen molar-refractivity contribution in [3.05, 3.63) is 0 Å². The average Bonchev–Trinajstić information content (AvgIpc) is 2.34. The number of urea groups is 1. The second-order valence-corrected chi connectivity index (χ2v) is 6.99. The van der Waals surface area contributed by atoms with Gasteiger partial charge < -0.3 is 15.7 Å². The summed E-state index contributed by atoms with van der Waals surface area (Å²) in [5, 5.41) is 14.8. The first kappa shape index (κ1) is 16.8. The first-order chi connectivity index (χ1) is 9.28. The van der Waals surface area contributed by atoms with Crippen LogP contribution in [0.2, 0.25) is 0 Å². The fourth-order valence-corrected chi connectivity index (χ4v) is 2.69. The zero-order valence-electron chi connectivity index (χ0n) is 12.9. The van der Waals surface area contributed by atoms with Gasteiger partial charge in [0.1, 0.15) is 0 Å². The fourth-order valence-electron chi connectivity index (χ4n) is 2.69. The molecule has 1 atom stereocenters. The van der Waals surface area contributed by atoms with Crippen LogP contribution in [0.15, 0.2) is 0 Å². The Morgan fingerprint density at radius 3 is 2.30 bits per heavy atom. The first-order valence-electron chi connectivity index (χ1n) is 7.55. The maximum Gasteiger partial charge on any atom is 0.315 e. The number of carbonyl (C=O) groups is 2. The van der Waals surface area contributed by atoms with Crippen molar-refractivity contribution < 1.29 is 14.7 Å². The number of aliphatic carboxylic acids is 1. The highest BCUT2D eigenvalue weighted by Crippen LogP contribution is 2.24. The average molecular weight is 284 g/mol. The Morgan fingerprint density at radius 2 is 1.80 bits per heavy atom. The van der Waals surface area contributed by atoms with Gasteiger partial charge in [-0.15, -0.1) is 0 Å². The second-order valence-electron chi connectivity index (χ2n) is 6.99. The summed E-state index contributed by atoms with van der Waals surface area (Å²) in [4.78, 5) is 23.0. The van der Waals surface area contributed by atoms with Crippen LogP contribution in [0.3, 0.4) is 0 Å². The lowest BCUT2D eigenvalue weighted by atomic mass is 9.84. The Labute approximate surface area is 121 Å². The Morgan fingerprint density at radius 1 is 1.20 bits per heavy atom. The van der Waals surface area contributed by atoms with E-state index in [0.29, 0.717) is 6.42 Å². The number of rotatable bonds is 5. The zero-order chi connectivity index (χ0) is 15.2. The van der Waals surface area contributed by atoms with Gasteiger partial charge in [-0.1, -0.05) is 40.0 Å². The summed E-state index contributed by atoms with van der Waals surface area (Å²) in [5.74, 6) is -1.38. The summed E-state index contributed by atoms with van der Waals surface area (Å²) in [7, 11) is 0. The van der Waals surface area contributed by atoms with Crippen molar-refractivity contribution in [3.63, 3.8) is 0 Å². The highest BCUT2D eigenvalue weighted by molar-refractivity contribution is 5.76. The molecule has 5 nitrogen and oxygen atoms in total. The molecule has 0 aliphatic heterocycles. The van der Waals surface area contributed by atoms with Gasteiger partial charge in [0.25, 0.3) is 0 Å². The van der Waals surface area contributed by atoms with E-state index in [-0.39, 0.29) is 24.0 Å². The van der Waals surface area contributed by atoms with E-state index in [1.54, 1.807) is 0 Å². The van der Waals surface area contributed by atoms with E-state index < -0.39 is 11.9 Å². The van der Waals surface area contributed by atoms with Crippen LogP contribution < -0.4 is 10.6 Å². The largest absolute Gasteiger partial charge is 0.481 e. The summed E-state index contributed by atoms with van der Waals surface area (Å²) < 4.78 is 0. The molecule has 0 spiro atoms. The van der Waals surface area contributed by atoms with Gasteiger partial charge in [0.2, 0.25) is 0 Å². The normalized spacial score (nSPS) is 18.4. The lowest BCUT2D eigenvalue weighted by Gasteiger charge is -2.25. The van der Waals surface area contributed by atoms with Gasteiger partial charge in [-0.25, -0.2) is 4.79 Å². The number of carboxylic acids is 1. The number of carboxylic acid groups (broad SMARTS) is 1. The third-order valence-corrected chi connectivity index (χ3v) is 3.66. The van der Waals surface area contributed by atoms with Gasteiger partial charge in [-0.3, -0.25) is 4.79 Å².